The summed E-state index contributed by atoms with van der Waals surface area (Å²) >= 11 is 0. The molecule has 0 radical (unpaired) electrons. The normalized spacial score (nSPS) is 20.1. The molecular formula is C22H31N5O. The second-order valence-corrected chi connectivity index (χ2v) is 7.61. The zero-order chi connectivity index (χ0) is 19.9. The number of carbonyl (C=O) groups excluding carboxylic acids is 1. The number of piperidine rings is 1. The highest BCUT2D eigenvalue weighted by molar-refractivity contribution is 5.71. The smallest absolute Gasteiger partial charge is 0.312 e. The number of rotatable bonds is 7. The number of nitrogens with two attached hydrogens (primary N) is 1. The summed E-state index contributed by atoms with van der Waals surface area (Å²) in [5.41, 5.74) is 10.0. The number of hydrogen-bond donors (Lipinski definition) is 2. The summed E-state index contributed by atoms with van der Waals surface area (Å²) in [6.07, 6.45) is 9.08. The summed E-state index contributed by atoms with van der Waals surface area (Å²) in [6.45, 7) is 5.85. The van der Waals surface area contributed by atoms with Crippen LogP contribution in [-0.2, 0) is 0 Å². The standard InChI is InChI=1S/C22H31N5O/c1-16-8-6-13-24-20(16)18-10-5-11-19(21-17(2)9-7-14-25-21)27(18)15-4-3-12-26-22(23)28/h6-9,13-14,18-19H,3-5,10-12,15H2,1-2H3,(H3,23,26,28)/t18-,19+. The van der Waals surface area contributed by atoms with Crippen LogP contribution in [0.15, 0.2) is 36.7 Å². The third-order valence-electron chi connectivity index (χ3n) is 5.63. The summed E-state index contributed by atoms with van der Waals surface area (Å²) in [6, 6.07) is 8.43. The summed E-state index contributed by atoms with van der Waals surface area (Å²) in [4.78, 5) is 22.9. The molecule has 0 saturated carbocycles. The summed E-state index contributed by atoms with van der Waals surface area (Å²) in [5, 5.41) is 2.68. The van der Waals surface area contributed by atoms with Crippen LogP contribution in [0.2, 0.25) is 0 Å². The van der Waals surface area contributed by atoms with Crippen LogP contribution >= 0.6 is 0 Å². The van der Waals surface area contributed by atoms with Crippen LogP contribution in [0.5, 0.6) is 0 Å². The molecule has 1 saturated heterocycles. The topological polar surface area (TPSA) is 84.1 Å². The molecule has 6 nitrogen and oxygen atoms in total. The molecule has 0 spiro atoms. The van der Waals surface area contributed by atoms with Gasteiger partial charge in [0.05, 0.1) is 23.5 Å². The van der Waals surface area contributed by atoms with Crippen molar-refractivity contribution in [2.24, 2.45) is 5.73 Å². The maximum Gasteiger partial charge on any atom is 0.312 e. The van der Waals surface area contributed by atoms with Crippen molar-refractivity contribution < 1.29 is 4.79 Å². The van der Waals surface area contributed by atoms with Gasteiger partial charge >= 0.3 is 6.03 Å². The van der Waals surface area contributed by atoms with E-state index in [2.05, 4.69) is 36.2 Å². The Morgan fingerprint density at radius 2 is 1.64 bits per heavy atom. The fraction of sp³-hybridized carbons (Fsp3) is 0.500. The van der Waals surface area contributed by atoms with Crippen molar-refractivity contribution in [1.82, 2.24) is 20.2 Å². The van der Waals surface area contributed by atoms with Crippen molar-refractivity contribution in [2.45, 2.75) is 58.0 Å². The number of likely N-dealkylation sites (tertiary alicyclic amines) is 1. The largest absolute Gasteiger partial charge is 0.352 e. The minimum absolute atomic E-state index is 0.297. The van der Waals surface area contributed by atoms with Gasteiger partial charge in [-0.15, -0.1) is 0 Å². The summed E-state index contributed by atoms with van der Waals surface area (Å²) in [5.74, 6) is 0. The lowest BCUT2D eigenvalue weighted by molar-refractivity contribution is 0.0743. The molecule has 0 aliphatic carbocycles. The lowest BCUT2D eigenvalue weighted by atomic mass is 9.88. The van der Waals surface area contributed by atoms with Crippen LogP contribution in [0, 0.1) is 13.8 Å². The van der Waals surface area contributed by atoms with E-state index < -0.39 is 6.03 Å². The maximum atomic E-state index is 10.9. The fourth-order valence-corrected chi connectivity index (χ4v) is 4.28. The van der Waals surface area contributed by atoms with Crippen LogP contribution < -0.4 is 11.1 Å². The number of pyridine rings is 2. The third kappa shape index (κ3) is 4.87. The molecule has 1 aliphatic heterocycles. The van der Waals surface area contributed by atoms with E-state index in [-0.39, 0.29) is 0 Å². The summed E-state index contributed by atoms with van der Waals surface area (Å²) in [7, 11) is 0. The lowest BCUT2D eigenvalue weighted by Gasteiger charge is -2.42. The zero-order valence-electron chi connectivity index (χ0n) is 16.9. The number of hydrogen-bond acceptors (Lipinski definition) is 4. The Morgan fingerprint density at radius 3 is 2.14 bits per heavy atom. The molecular weight excluding hydrogens is 350 g/mol. The number of aryl methyl sites for hydroxylation is 2. The van der Waals surface area contributed by atoms with Gasteiger partial charge in [0, 0.05) is 18.9 Å². The minimum Gasteiger partial charge on any atom is -0.352 e. The molecule has 0 unspecified atom stereocenters. The van der Waals surface area contributed by atoms with E-state index in [0.717, 1.165) is 32.2 Å². The van der Waals surface area contributed by atoms with Gasteiger partial charge in [-0.2, -0.15) is 0 Å². The van der Waals surface area contributed by atoms with Crippen LogP contribution in [0.4, 0.5) is 4.79 Å². The van der Waals surface area contributed by atoms with Gasteiger partial charge in [-0.05, 0) is 75.8 Å². The molecule has 28 heavy (non-hydrogen) atoms. The van der Waals surface area contributed by atoms with Crippen molar-refractivity contribution >= 4 is 6.03 Å². The Labute approximate surface area is 167 Å². The minimum atomic E-state index is -0.457. The van der Waals surface area contributed by atoms with Crippen molar-refractivity contribution in [3.63, 3.8) is 0 Å². The van der Waals surface area contributed by atoms with Gasteiger partial charge in [0.2, 0.25) is 0 Å². The maximum absolute atomic E-state index is 10.9. The van der Waals surface area contributed by atoms with Crippen molar-refractivity contribution in [3.8, 4) is 0 Å². The van der Waals surface area contributed by atoms with Crippen LogP contribution in [-0.4, -0.2) is 34.0 Å². The number of primary amides is 1. The Kier molecular flexibility index (Phi) is 6.98. The van der Waals surface area contributed by atoms with Gasteiger partial charge in [-0.1, -0.05) is 12.1 Å². The molecule has 2 aromatic rings. The van der Waals surface area contributed by atoms with Crippen molar-refractivity contribution in [2.75, 3.05) is 13.1 Å². The molecule has 3 N–H and O–H groups in total. The zero-order valence-corrected chi connectivity index (χ0v) is 16.9. The van der Waals surface area contributed by atoms with E-state index in [1.54, 1.807) is 0 Å². The number of urea groups is 1. The molecule has 0 bridgehead atoms. The van der Waals surface area contributed by atoms with Gasteiger partial charge in [0.25, 0.3) is 0 Å². The van der Waals surface area contributed by atoms with E-state index in [1.165, 1.54) is 28.9 Å². The highest BCUT2D eigenvalue weighted by Gasteiger charge is 2.34. The molecule has 0 aromatic carbocycles. The number of nitrogens with one attached hydrogen (secondary N) is 1. The second-order valence-electron chi connectivity index (χ2n) is 7.61. The first-order chi connectivity index (χ1) is 13.6. The SMILES string of the molecule is Cc1cccnc1[C@H]1CCC[C@@H](c2ncccc2C)N1CCCCNC(N)=O. The van der Waals surface area contributed by atoms with Crippen LogP contribution in [0.25, 0.3) is 0 Å². The average molecular weight is 382 g/mol. The fourth-order valence-electron chi connectivity index (χ4n) is 4.28. The molecule has 1 aliphatic rings. The van der Waals surface area contributed by atoms with Gasteiger partial charge in [-0.3, -0.25) is 14.9 Å². The first-order valence-corrected chi connectivity index (χ1v) is 10.2. The predicted molar refractivity (Wildman–Crippen MR) is 111 cm³/mol. The number of aromatic nitrogens is 2. The van der Waals surface area contributed by atoms with E-state index >= 15 is 0 Å². The highest BCUT2D eigenvalue weighted by Crippen LogP contribution is 2.42. The van der Waals surface area contributed by atoms with E-state index in [0.29, 0.717) is 18.6 Å². The number of nitrogens with zero attached hydrogens (tertiary/aromatic N) is 3. The first kappa shape index (κ1) is 20.3. The lowest BCUT2D eigenvalue weighted by Crippen LogP contribution is -2.39. The van der Waals surface area contributed by atoms with E-state index in [1.807, 2.05) is 24.5 Å². The molecule has 2 amide bonds. The van der Waals surface area contributed by atoms with E-state index in [4.69, 9.17) is 15.7 Å². The molecule has 6 heteroatoms. The molecule has 2 aromatic heterocycles. The molecule has 3 heterocycles. The van der Waals surface area contributed by atoms with E-state index in [9.17, 15) is 4.79 Å². The Hall–Kier alpha value is -2.47. The van der Waals surface area contributed by atoms with Crippen LogP contribution in [0.3, 0.4) is 0 Å². The van der Waals surface area contributed by atoms with Gasteiger partial charge in [-0.25, -0.2) is 4.79 Å². The molecule has 150 valence electrons. The Bertz CT molecular complexity index is 741. The second kappa shape index (κ2) is 9.64. The van der Waals surface area contributed by atoms with Crippen molar-refractivity contribution in [3.05, 3.63) is 59.2 Å². The van der Waals surface area contributed by atoms with Gasteiger partial charge in [0.1, 0.15) is 0 Å². The van der Waals surface area contributed by atoms with Crippen molar-refractivity contribution in [1.29, 1.82) is 0 Å². The highest BCUT2D eigenvalue weighted by atomic mass is 16.2. The average Bonchev–Trinajstić information content (AvgIpc) is 2.68. The van der Waals surface area contributed by atoms with Gasteiger partial charge < -0.3 is 11.1 Å². The number of amides is 2. The number of unbranched alkanes of at least 4 members (excludes halogenated alkanes) is 1. The molecule has 2 atom stereocenters. The first-order valence-electron chi connectivity index (χ1n) is 10.2. The quantitative estimate of drug-likeness (QED) is 0.714. The van der Waals surface area contributed by atoms with Crippen LogP contribution in [0.1, 0.15) is 66.7 Å². The monoisotopic (exact) mass is 381 g/mol. The Balaban J connectivity index is 1.82. The van der Waals surface area contributed by atoms with Gasteiger partial charge in [0.15, 0.2) is 0 Å². The molecule has 1 fully saturated rings. The predicted octanol–water partition coefficient (Wildman–Crippen LogP) is 3.81. The number of carbonyl (C=O) groups is 1. The molecule has 3 rings (SSSR count). The summed E-state index contributed by atoms with van der Waals surface area (Å²) < 4.78 is 0. The third-order valence-corrected chi connectivity index (χ3v) is 5.63. The Morgan fingerprint density at radius 1 is 1.07 bits per heavy atom.